The number of aliphatic imine (C=N–C) groups is 1. The molecule has 176 valence electrons. The van der Waals surface area contributed by atoms with Crippen molar-refractivity contribution in [2.24, 2.45) is 28.1 Å². The number of carboxylic acid groups (broad SMARTS) is 1. The minimum absolute atomic E-state index is 0.0853. The largest absolute Gasteiger partial charge is 0.480 e. The van der Waals surface area contributed by atoms with Crippen LogP contribution in [0.25, 0.3) is 0 Å². The lowest BCUT2D eigenvalue weighted by Crippen LogP contribution is -2.53. The summed E-state index contributed by atoms with van der Waals surface area (Å²) in [5.74, 6) is -2.45. The van der Waals surface area contributed by atoms with Gasteiger partial charge >= 0.3 is 5.97 Å². The molecule has 1 aliphatic rings. The van der Waals surface area contributed by atoms with E-state index in [-0.39, 0.29) is 31.4 Å². The van der Waals surface area contributed by atoms with Crippen molar-refractivity contribution in [3.05, 3.63) is 0 Å². The van der Waals surface area contributed by atoms with Gasteiger partial charge in [-0.15, -0.1) is 0 Å². The maximum absolute atomic E-state index is 12.9. The number of guanidine groups is 1. The quantitative estimate of drug-likeness (QED) is 0.114. The van der Waals surface area contributed by atoms with Gasteiger partial charge in [0.2, 0.25) is 17.7 Å². The molecule has 0 aromatic heterocycles. The number of carbonyl (C=O) groups excluding carboxylic acids is 3. The number of carbonyl (C=O) groups is 4. The van der Waals surface area contributed by atoms with E-state index in [4.69, 9.17) is 17.2 Å². The lowest BCUT2D eigenvalue weighted by molar-refractivity contribution is -0.149. The van der Waals surface area contributed by atoms with E-state index in [1.165, 1.54) is 4.90 Å². The van der Waals surface area contributed by atoms with Gasteiger partial charge in [0, 0.05) is 13.1 Å². The van der Waals surface area contributed by atoms with Crippen LogP contribution in [-0.4, -0.2) is 77.4 Å². The molecule has 1 fully saturated rings. The summed E-state index contributed by atoms with van der Waals surface area (Å²) in [6.07, 6.45) is 2.02. The molecule has 0 radical (unpaired) electrons. The normalized spacial score (nSPS) is 17.7. The number of hydrogen-bond acceptors (Lipinski definition) is 6. The highest BCUT2D eigenvalue weighted by Crippen LogP contribution is 2.19. The van der Waals surface area contributed by atoms with Crippen molar-refractivity contribution < 1.29 is 24.3 Å². The minimum atomic E-state index is -1.08. The van der Waals surface area contributed by atoms with Gasteiger partial charge in [-0.3, -0.25) is 19.4 Å². The second-order valence-corrected chi connectivity index (χ2v) is 8.05. The molecule has 0 bridgehead atoms. The first kappa shape index (κ1) is 26.1. The van der Waals surface area contributed by atoms with Crippen LogP contribution in [0.15, 0.2) is 4.99 Å². The predicted molar refractivity (Wildman–Crippen MR) is 115 cm³/mol. The van der Waals surface area contributed by atoms with Crippen molar-refractivity contribution in [3.8, 4) is 0 Å². The zero-order valence-electron chi connectivity index (χ0n) is 18.2. The maximum Gasteiger partial charge on any atom is 0.326 e. The average Bonchev–Trinajstić information content (AvgIpc) is 3.17. The number of aliphatic carboxylic acids is 1. The van der Waals surface area contributed by atoms with Crippen molar-refractivity contribution in [1.29, 1.82) is 0 Å². The third-order valence-corrected chi connectivity index (χ3v) is 4.88. The SMILES string of the molecule is CC(C)CC(N)C(=O)NCC(=O)NC(CCCN=C(N)N)C(=O)N1CCCC1C(=O)O. The van der Waals surface area contributed by atoms with Crippen LogP contribution in [0.1, 0.15) is 46.0 Å². The summed E-state index contributed by atoms with van der Waals surface area (Å²) in [7, 11) is 0. The highest BCUT2D eigenvalue weighted by atomic mass is 16.4. The second kappa shape index (κ2) is 12.7. The first-order chi connectivity index (χ1) is 14.5. The third-order valence-electron chi connectivity index (χ3n) is 4.88. The van der Waals surface area contributed by atoms with Gasteiger partial charge in [0.25, 0.3) is 0 Å². The first-order valence-electron chi connectivity index (χ1n) is 10.4. The molecule has 3 atom stereocenters. The van der Waals surface area contributed by atoms with Crippen LogP contribution in [-0.2, 0) is 19.2 Å². The van der Waals surface area contributed by atoms with Gasteiger partial charge in [0.05, 0.1) is 12.6 Å². The zero-order valence-corrected chi connectivity index (χ0v) is 18.2. The number of rotatable bonds is 12. The fraction of sp³-hybridized carbons (Fsp3) is 0.737. The van der Waals surface area contributed by atoms with Crippen LogP contribution in [0.2, 0.25) is 0 Å². The molecule has 1 heterocycles. The zero-order chi connectivity index (χ0) is 23.6. The van der Waals surface area contributed by atoms with E-state index in [1.807, 2.05) is 13.8 Å². The van der Waals surface area contributed by atoms with E-state index in [2.05, 4.69) is 15.6 Å². The Morgan fingerprint density at radius 2 is 1.90 bits per heavy atom. The van der Waals surface area contributed by atoms with E-state index in [0.29, 0.717) is 32.2 Å². The Bertz CT molecular complexity index is 679. The van der Waals surface area contributed by atoms with Crippen molar-refractivity contribution in [3.63, 3.8) is 0 Å². The number of nitrogens with one attached hydrogen (secondary N) is 2. The summed E-state index contributed by atoms with van der Waals surface area (Å²) < 4.78 is 0. The molecule has 3 unspecified atom stereocenters. The first-order valence-corrected chi connectivity index (χ1v) is 10.4. The third kappa shape index (κ3) is 9.20. The van der Waals surface area contributed by atoms with Gasteiger partial charge in [-0.2, -0.15) is 0 Å². The molecule has 0 saturated carbocycles. The van der Waals surface area contributed by atoms with Crippen molar-refractivity contribution in [2.75, 3.05) is 19.6 Å². The van der Waals surface area contributed by atoms with Gasteiger partial charge in [-0.05, 0) is 38.0 Å². The number of likely N-dealkylation sites (tertiary alicyclic amines) is 1. The fourth-order valence-electron chi connectivity index (χ4n) is 3.41. The molecule has 12 heteroatoms. The van der Waals surface area contributed by atoms with Gasteiger partial charge in [0.15, 0.2) is 5.96 Å². The Balaban J connectivity index is 2.73. The molecule has 12 nitrogen and oxygen atoms in total. The van der Waals surface area contributed by atoms with Crippen LogP contribution in [0.5, 0.6) is 0 Å². The molecule has 9 N–H and O–H groups in total. The van der Waals surface area contributed by atoms with E-state index in [0.717, 1.165) is 0 Å². The second-order valence-electron chi connectivity index (χ2n) is 8.05. The number of amides is 3. The van der Waals surface area contributed by atoms with E-state index in [9.17, 15) is 24.3 Å². The summed E-state index contributed by atoms with van der Waals surface area (Å²) in [4.78, 5) is 53.9. The summed E-state index contributed by atoms with van der Waals surface area (Å²) in [6.45, 7) is 4.08. The lowest BCUT2D eigenvalue weighted by atomic mass is 10.0. The van der Waals surface area contributed by atoms with E-state index < -0.39 is 41.8 Å². The Kier molecular flexibility index (Phi) is 10.7. The predicted octanol–water partition coefficient (Wildman–Crippen LogP) is -1.91. The van der Waals surface area contributed by atoms with E-state index in [1.54, 1.807) is 0 Å². The van der Waals surface area contributed by atoms with Crippen LogP contribution in [0, 0.1) is 5.92 Å². The van der Waals surface area contributed by atoms with Crippen LogP contribution < -0.4 is 27.8 Å². The molecule has 0 aromatic rings. The standard InChI is InChI=1S/C19H35N7O5/c1-11(2)9-12(20)16(28)24-10-15(27)25-13(5-3-7-23-19(21)22)17(29)26-8-4-6-14(26)18(30)31/h11-14H,3-10,20H2,1-2H3,(H,24,28)(H,25,27)(H,30,31)(H4,21,22,23). The molecule has 1 rings (SSSR count). The molecule has 1 aliphatic heterocycles. The highest BCUT2D eigenvalue weighted by Gasteiger charge is 2.37. The lowest BCUT2D eigenvalue weighted by Gasteiger charge is -2.27. The smallest absolute Gasteiger partial charge is 0.326 e. The Hall–Kier alpha value is -2.89. The van der Waals surface area contributed by atoms with Crippen LogP contribution >= 0.6 is 0 Å². The van der Waals surface area contributed by atoms with Gasteiger partial charge in [-0.25, -0.2) is 4.79 Å². The van der Waals surface area contributed by atoms with Gasteiger partial charge < -0.3 is 37.8 Å². The van der Waals surface area contributed by atoms with Gasteiger partial charge in [0.1, 0.15) is 12.1 Å². The highest BCUT2D eigenvalue weighted by molar-refractivity contribution is 5.92. The molecule has 1 saturated heterocycles. The summed E-state index contributed by atoms with van der Waals surface area (Å²) in [5.41, 5.74) is 16.4. The fourth-order valence-corrected chi connectivity index (χ4v) is 3.41. The molecule has 0 spiro atoms. The molecule has 31 heavy (non-hydrogen) atoms. The average molecular weight is 442 g/mol. The molecule has 3 amide bonds. The van der Waals surface area contributed by atoms with Crippen molar-refractivity contribution in [2.45, 2.75) is 64.1 Å². The summed E-state index contributed by atoms with van der Waals surface area (Å²) in [5, 5.41) is 14.4. The van der Waals surface area contributed by atoms with Crippen LogP contribution in [0.3, 0.4) is 0 Å². The number of hydrogen-bond donors (Lipinski definition) is 6. The number of carboxylic acids is 1. The summed E-state index contributed by atoms with van der Waals surface area (Å²) in [6, 6.07) is -2.60. The molecule has 0 aliphatic carbocycles. The number of nitrogens with two attached hydrogens (primary N) is 3. The molecular weight excluding hydrogens is 406 g/mol. The Labute approximate surface area is 182 Å². The Morgan fingerprint density at radius 3 is 2.48 bits per heavy atom. The van der Waals surface area contributed by atoms with E-state index >= 15 is 0 Å². The summed E-state index contributed by atoms with van der Waals surface area (Å²) >= 11 is 0. The Morgan fingerprint density at radius 1 is 1.23 bits per heavy atom. The molecular formula is C19H35N7O5. The van der Waals surface area contributed by atoms with Crippen molar-refractivity contribution >= 4 is 29.7 Å². The molecule has 0 aromatic carbocycles. The topological polar surface area (TPSA) is 206 Å². The van der Waals surface area contributed by atoms with Gasteiger partial charge in [-0.1, -0.05) is 13.8 Å². The number of nitrogens with zero attached hydrogens (tertiary/aromatic N) is 2. The maximum atomic E-state index is 12.9. The minimum Gasteiger partial charge on any atom is -0.480 e. The monoisotopic (exact) mass is 441 g/mol. The van der Waals surface area contributed by atoms with Crippen LogP contribution in [0.4, 0.5) is 0 Å². The van der Waals surface area contributed by atoms with Crippen molar-refractivity contribution in [1.82, 2.24) is 15.5 Å².